The van der Waals surface area contributed by atoms with Crippen LogP contribution in [0, 0.1) is 0 Å². The number of halogens is 1. The fraction of sp³-hybridized carbons (Fsp3) is 0.647. The molecule has 1 amide bonds. The molecule has 0 saturated carbocycles. The summed E-state index contributed by atoms with van der Waals surface area (Å²) in [6, 6.07) is 0. The van der Waals surface area contributed by atoms with Crippen LogP contribution in [-0.4, -0.2) is 36.7 Å². The normalized spacial score (nSPS) is 16.7. The number of hydrogen-bond donors (Lipinski definition) is 2. The van der Waals surface area contributed by atoms with Gasteiger partial charge >= 0.3 is 0 Å². The Bertz CT molecular complexity index is 395. The Hall–Kier alpha value is -1.33. The molecule has 5 nitrogen and oxygen atoms in total. The average molecular weight is 343 g/mol. The molecule has 0 aromatic rings. The molecule has 1 heterocycles. The van der Waals surface area contributed by atoms with Gasteiger partial charge in [0.2, 0.25) is 0 Å². The number of nitrogens with zero attached hydrogens (tertiary/aromatic N) is 2. The Morgan fingerprint density at radius 2 is 1.78 bits per heavy atom. The molecule has 0 aromatic carbocycles. The lowest BCUT2D eigenvalue weighted by molar-refractivity contribution is -0.123. The first-order chi connectivity index (χ1) is 11.0. The predicted molar refractivity (Wildman–Crippen MR) is 99.4 cm³/mol. The van der Waals surface area contributed by atoms with Crippen LogP contribution in [0.25, 0.3) is 0 Å². The zero-order chi connectivity index (χ0) is 17.5. The van der Waals surface area contributed by atoms with Crippen LogP contribution in [-0.2, 0) is 4.79 Å². The summed E-state index contributed by atoms with van der Waals surface area (Å²) >= 11 is 5.88. The van der Waals surface area contributed by atoms with Gasteiger partial charge < -0.3 is 0 Å². The highest BCUT2D eigenvalue weighted by Gasteiger charge is 2.12. The number of carbonyl (C=O) groups excluding carboxylic acids is 1. The molecule has 1 aliphatic heterocycles. The summed E-state index contributed by atoms with van der Waals surface area (Å²) in [5.41, 5.74) is 5.35. The van der Waals surface area contributed by atoms with E-state index in [-0.39, 0.29) is 5.91 Å². The summed E-state index contributed by atoms with van der Waals surface area (Å²) in [5, 5.41) is 0.471. The van der Waals surface area contributed by atoms with Crippen molar-refractivity contribution >= 4 is 23.7 Å². The maximum atomic E-state index is 11.9. The van der Waals surface area contributed by atoms with E-state index in [1.54, 1.807) is 13.0 Å². The van der Waals surface area contributed by atoms with Crippen molar-refractivity contribution < 1.29 is 4.79 Å². The molecule has 132 valence electrons. The Morgan fingerprint density at radius 1 is 1.22 bits per heavy atom. The molecule has 0 aliphatic carbocycles. The Morgan fingerprint density at radius 3 is 2.26 bits per heavy atom. The fourth-order valence-electron chi connectivity index (χ4n) is 2.00. The highest BCUT2D eigenvalue weighted by molar-refractivity contribution is 6.29. The van der Waals surface area contributed by atoms with Gasteiger partial charge in [0.1, 0.15) is 0 Å². The highest BCUT2D eigenvalue weighted by atomic mass is 35.5. The molecule has 2 N–H and O–H groups in total. The molecule has 0 aromatic heterocycles. The lowest BCUT2D eigenvalue weighted by Crippen LogP contribution is -2.43. The van der Waals surface area contributed by atoms with E-state index in [1.807, 2.05) is 0 Å². The van der Waals surface area contributed by atoms with Crippen LogP contribution in [0.15, 0.2) is 28.5 Å². The van der Waals surface area contributed by atoms with E-state index in [0.717, 1.165) is 25.9 Å². The Kier molecular flexibility index (Phi) is 13.4. The van der Waals surface area contributed by atoms with Gasteiger partial charge in [0.05, 0.1) is 11.6 Å². The third kappa shape index (κ3) is 11.8. The van der Waals surface area contributed by atoms with E-state index < -0.39 is 0 Å². The van der Waals surface area contributed by atoms with Crippen LogP contribution >= 0.6 is 11.6 Å². The quantitative estimate of drug-likeness (QED) is 0.573. The van der Waals surface area contributed by atoms with E-state index in [9.17, 15) is 4.79 Å². The summed E-state index contributed by atoms with van der Waals surface area (Å²) in [6.07, 6.45) is 9.14. The van der Waals surface area contributed by atoms with Crippen LogP contribution in [0.1, 0.15) is 52.9 Å². The van der Waals surface area contributed by atoms with E-state index in [4.69, 9.17) is 11.6 Å². The minimum Gasteiger partial charge on any atom is -0.294 e. The number of hydrazine groups is 1. The maximum absolute atomic E-state index is 11.9. The zero-order valence-electron chi connectivity index (χ0n) is 14.7. The van der Waals surface area contributed by atoms with Crippen molar-refractivity contribution in [2.45, 2.75) is 52.9 Å². The molecule has 23 heavy (non-hydrogen) atoms. The summed E-state index contributed by atoms with van der Waals surface area (Å²) in [7, 11) is 0. The molecule has 0 unspecified atom stereocenters. The number of hydrogen-bond acceptors (Lipinski definition) is 4. The summed E-state index contributed by atoms with van der Waals surface area (Å²) < 4.78 is 0. The van der Waals surface area contributed by atoms with Gasteiger partial charge in [-0.1, -0.05) is 57.4 Å². The minimum atomic E-state index is -0.0869. The van der Waals surface area contributed by atoms with Crippen molar-refractivity contribution in [1.82, 2.24) is 15.8 Å². The van der Waals surface area contributed by atoms with Crippen LogP contribution in [0.3, 0.4) is 0 Å². The molecular formula is C17H31ClN4O. The third-order valence-electron chi connectivity index (χ3n) is 3.02. The van der Waals surface area contributed by atoms with E-state index in [0.29, 0.717) is 17.4 Å². The smallest absolute Gasteiger partial charge is 0.252 e. The van der Waals surface area contributed by atoms with Gasteiger partial charge in [0.25, 0.3) is 5.91 Å². The molecule has 1 saturated heterocycles. The Balaban J connectivity index is 0.00000149. The molecule has 1 aliphatic rings. The molecule has 1 fully saturated rings. The number of nitrogens with one attached hydrogen (secondary N) is 2. The van der Waals surface area contributed by atoms with Crippen molar-refractivity contribution in [2.24, 2.45) is 4.99 Å². The van der Waals surface area contributed by atoms with Gasteiger partial charge in [-0.3, -0.25) is 20.5 Å². The van der Waals surface area contributed by atoms with E-state index in [2.05, 4.69) is 41.2 Å². The van der Waals surface area contributed by atoms with Crippen molar-refractivity contribution in [3.05, 3.63) is 23.5 Å². The molecule has 0 radical (unpaired) electrons. The zero-order valence-corrected chi connectivity index (χ0v) is 15.5. The lowest BCUT2D eigenvalue weighted by Gasteiger charge is -2.19. The molecule has 0 spiro atoms. The number of carbonyl (C=O) groups is 1. The summed E-state index contributed by atoms with van der Waals surface area (Å²) in [4.78, 5) is 18.1. The van der Waals surface area contributed by atoms with Gasteiger partial charge in [-0.25, -0.2) is 4.99 Å². The molecular weight excluding hydrogens is 312 g/mol. The van der Waals surface area contributed by atoms with Gasteiger partial charge in [-0.2, -0.15) is 0 Å². The monoisotopic (exact) mass is 342 g/mol. The first-order valence-corrected chi connectivity index (χ1v) is 8.71. The van der Waals surface area contributed by atoms with Crippen LogP contribution in [0.4, 0.5) is 0 Å². The second-order valence-electron chi connectivity index (χ2n) is 5.47. The number of likely N-dealkylation sites (tertiary alicyclic amines) is 1. The largest absolute Gasteiger partial charge is 0.294 e. The highest BCUT2D eigenvalue weighted by Crippen LogP contribution is 2.09. The average Bonchev–Trinajstić information content (AvgIpc) is 2.76. The Labute approximate surface area is 145 Å². The number of aliphatic imine (C=N–C) groups is 1. The molecule has 1 rings (SSSR count). The maximum Gasteiger partial charge on any atom is 0.252 e. The second-order valence-corrected chi connectivity index (χ2v) is 6.03. The third-order valence-corrected chi connectivity index (χ3v) is 3.20. The molecule has 6 heteroatoms. The van der Waals surface area contributed by atoms with Gasteiger partial charge in [0, 0.05) is 6.21 Å². The summed E-state index contributed by atoms with van der Waals surface area (Å²) in [6.45, 7) is 11.9. The standard InChI is InChI=1S/C14H23ClN4O.C3H8/c1-3-8-16-14(12(2)15)18-17-13(20)11-19-9-6-4-5-7-10-19;1-3-2/h3,8,18H,1,4-7,9-11H2,2H3,(H,17,20);3H2,1-2H3/b14-12-,16-8-;. The number of amides is 1. The van der Waals surface area contributed by atoms with Gasteiger partial charge in [0.15, 0.2) is 5.82 Å². The second kappa shape index (κ2) is 14.3. The van der Waals surface area contributed by atoms with Crippen LogP contribution in [0.2, 0.25) is 0 Å². The topological polar surface area (TPSA) is 56.7 Å². The lowest BCUT2D eigenvalue weighted by atomic mass is 10.2. The van der Waals surface area contributed by atoms with Crippen molar-refractivity contribution in [2.75, 3.05) is 19.6 Å². The number of allylic oxidation sites excluding steroid dienone is 2. The van der Waals surface area contributed by atoms with Crippen LogP contribution < -0.4 is 10.9 Å². The van der Waals surface area contributed by atoms with E-state index in [1.165, 1.54) is 25.5 Å². The van der Waals surface area contributed by atoms with Crippen molar-refractivity contribution in [3.63, 3.8) is 0 Å². The predicted octanol–water partition coefficient (Wildman–Crippen LogP) is 3.58. The minimum absolute atomic E-state index is 0.0869. The van der Waals surface area contributed by atoms with Gasteiger partial charge in [-0.05, 0) is 32.9 Å². The first kappa shape index (κ1) is 21.7. The first-order valence-electron chi connectivity index (χ1n) is 8.33. The van der Waals surface area contributed by atoms with Crippen LogP contribution in [0.5, 0.6) is 0 Å². The van der Waals surface area contributed by atoms with Gasteiger partial charge in [-0.15, -0.1) is 0 Å². The molecule has 0 atom stereocenters. The molecule has 0 bridgehead atoms. The fourth-order valence-corrected chi connectivity index (χ4v) is 2.10. The SMILES string of the molecule is C=C/C=N\C(NNC(=O)CN1CCCCCC1)=C(/C)Cl.CCC. The van der Waals surface area contributed by atoms with Crippen molar-refractivity contribution in [1.29, 1.82) is 0 Å². The van der Waals surface area contributed by atoms with E-state index >= 15 is 0 Å². The summed E-state index contributed by atoms with van der Waals surface area (Å²) in [5.74, 6) is 0.326. The van der Waals surface area contributed by atoms with Crippen molar-refractivity contribution in [3.8, 4) is 0 Å². The number of rotatable bonds is 6.